The summed E-state index contributed by atoms with van der Waals surface area (Å²) in [6.07, 6.45) is 0. The number of aromatic nitrogens is 1. The first-order valence-electron chi connectivity index (χ1n) is 6.65. The first-order valence-corrected chi connectivity index (χ1v) is 6.65. The van der Waals surface area contributed by atoms with E-state index in [-0.39, 0.29) is 12.5 Å². The van der Waals surface area contributed by atoms with Crippen LogP contribution in [0.1, 0.15) is 19.5 Å². The zero-order chi connectivity index (χ0) is 13.5. The Hall–Kier alpha value is -1.39. The van der Waals surface area contributed by atoms with E-state index in [2.05, 4.69) is 31.0 Å². The van der Waals surface area contributed by atoms with E-state index >= 15 is 0 Å². The molecule has 2 heterocycles. The number of pyridine rings is 1. The highest BCUT2D eigenvalue weighted by Crippen LogP contribution is 2.22. The van der Waals surface area contributed by atoms with E-state index in [0.29, 0.717) is 13.2 Å². The number of benzene rings is 1. The molecule has 2 aromatic rings. The average molecular weight is 255 g/mol. The van der Waals surface area contributed by atoms with Crippen molar-refractivity contribution in [3.63, 3.8) is 0 Å². The molecule has 3 nitrogen and oxygen atoms in total. The normalized spacial score (nSPS) is 18.8. The second-order valence-corrected chi connectivity index (χ2v) is 5.98. The van der Waals surface area contributed by atoms with Crippen LogP contribution in [0.3, 0.4) is 0 Å². The summed E-state index contributed by atoms with van der Waals surface area (Å²) in [5.41, 5.74) is 3.18. The van der Waals surface area contributed by atoms with Gasteiger partial charge < -0.3 is 9.31 Å². The van der Waals surface area contributed by atoms with Crippen molar-refractivity contribution < 1.29 is 9.31 Å². The summed E-state index contributed by atoms with van der Waals surface area (Å²) in [6, 6.07) is 10.2. The summed E-state index contributed by atoms with van der Waals surface area (Å²) in [5, 5.41) is 1.11. The van der Waals surface area contributed by atoms with Crippen LogP contribution < -0.4 is 5.46 Å². The van der Waals surface area contributed by atoms with Crippen LogP contribution in [-0.4, -0.2) is 25.3 Å². The molecule has 1 aromatic carbocycles. The van der Waals surface area contributed by atoms with Crippen molar-refractivity contribution in [2.45, 2.75) is 20.8 Å². The van der Waals surface area contributed by atoms with Crippen LogP contribution in [0.5, 0.6) is 0 Å². The fraction of sp³-hybridized carbons (Fsp3) is 0.400. The molecule has 1 saturated heterocycles. The SMILES string of the molecule is Cc1ccc2c(B3OCC(C)(C)CO3)cccc2n1. The summed E-state index contributed by atoms with van der Waals surface area (Å²) in [4.78, 5) is 4.55. The van der Waals surface area contributed by atoms with Gasteiger partial charge in [-0.05, 0) is 29.9 Å². The molecule has 0 radical (unpaired) electrons. The Balaban J connectivity index is 1.97. The second kappa shape index (κ2) is 4.62. The van der Waals surface area contributed by atoms with Crippen molar-refractivity contribution in [1.29, 1.82) is 0 Å². The first-order chi connectivity index (χ1) is 9.05. The van der Waals surface area contributed by atoms with E-state index in [1.165, 1.54) is 0 Å². The Labute approximate surface area is 114 Å². The first kappa shape index (κ1) is 12.6. The minimum absolute atomic E-state index is 0.0932. The minimum Gasteiger partial charge on any atom is -0.407 e. The van der Waals surface area contributed by atoms with Gasteiger partial charge in [-0.2, -0.15) is 0 Å². The third-order valence-corrected chi connectivity index (χ3v) is 3.41. The number of hydrogen-bond donors (Lipinski definition) is 0. The van der Waals surface area contributed by atoms with Gasteiger partial charge in [-0.3, -0.25) is 4.98 Å². The third-order valence-electron chi connectivity index (χ3n) is 3.41. The fourth-order valence-corrected chi connectivity index (χ4v) is 2.36. The molecule has 1 aliphatic rings. The lowest BCUT2D eigenvalue weighted by molar-refractivity contribution is 0.0344. The number of rotatable bonds is 1. The minimum atomic E-state index is -0.277. The number of hydrogen-bond acceptors (Lipinski definition) is 3. The molecule has 3 rings (SSSR count). The molecule has 1 aliphatic heterocycles. The van der Waals surface area contributed by atoms with Crippen LogP contribution in [0.15, 0.2) is 30.3 Å². The Kier molecular flexibility index (Phi) is 3.07. The Morgan fingerprint density at radius 3 is 2.58 bits per heavy atom. The van der Waals surface area contributed by atoms with Crippen LogP contribution in [0.4, 0.5) is 0 Å². The summed E-state index contributed by atoms with van der Waals surface area (Å²) < 4.78 is 11.7. The molecule has 19 heavy (non-hydrogen) atoms. The smallest absolute Gasteiger partial charge is 0.407 e. The summed E-state index contributed by atoms with van der Waals surface area (Å²) in [5.74, 6) is 0. The molecule has 1 fully saturated rings. The van der Waals surface area contributed by atoms with E-state index in [0.717, 1.165) is 22.1 Å². The third kappa shape index (κ3) is 2.51. The van der Waals surface area contributed by atoms with Crippen molar-refractivity contribution in [2.24, 2.45) is 5.41 Å². The molecule has 0 atom stereocenters. The predicted octanol–water partition coefficient (Wildman–Crippen LogP) is 2.31. The van der Waals surface area contributed by atoms with Crippen molar-refractivity contribution in [1.82, 2.24) is 4.98 Å². The van der Waals surface area contributed by atoms with Crippen molar-refractivity contribution in [3.05, 3.63) is 36.0 Å². The quantitative estimate of drug-likeness (QED) is 0.733. The van der Waals surface area contributed by atoms with Gasteiger partial charge in [0.25, 0.3) is 0 Å². The molecule has 0 saturated carbocycles. The number of fused-ring (bicyclic) bond motifs is 1. The molecule has 0 amide bonds. The van der Waals surface area contributed by atoms with Crippen LogP contribution in [0.25, 0.3) is 10.9 Å². The van der Waals surface area contributed by atoms with Gasteiger partial charge in [0, 0.05) is 24.3 Å². The molecule has 0 N–H and O–H groups in total. The van der Waals surface area contributed by atoms with Gasteiger partial charge in [0.2, 0.25) is 0 Å². The van der Waals surface area contributed by atoms with E-state index in [1.807, 2.05) is 25.1 Å². The maximum Gasteiger partial charge on any atom is 0.494 e. The molecule has 4 heteroatoms. The van der Waals surface area contributed by atoms with Crippen LogP contribution in [-0.2, 0) is 9.31 Å². The zero-order valence-electron chi connectivity index (χ0n) is 11.6. The monoisotopic (exact) mass is 255 g/mol. The fourth-order valence-electron chi connectivity index (χ4n) is 2.36. The molecule has 0 unspecified atom stereocenters. The molecule has 98 valence electrons. The Bertz CT molecular complexity index is 602. The van der Waals surface area contributed by atoms with Gasteiger partial charge in [-0.15, -0.1) is 0 Å². The lowest BCUT2D eigenvalue weighted by Gasteiger charge is -2.33. The van der Waals surface area contributed by atoms with Gasteiger partial charge in [-0.25, -0.2) is 0 Å². The van der Waals surface area contributed by atoms with Gasteiger partial charge in [0.1, 0.15) is 0 Å². The highest BCUT2D eigenvalue weighted by atomic mass is 16.6. The van der Waals surface area contributed by atoms with Crippen LogP contribution >= 0.6 is 0 Å². The topological polar surface area (TPSA) is 31.4 Å². The molecule has 0 bridgehead atoms. The predicted molar refractivity (Wildman–Crippen MR) is 77.6 cm³/mol. The van der Waals surface area contributed by atoms with E-state index < -0.39 is 0 Å². The summed E-state index contributed by atoms with van der Waals surface area (Å²) >= 11 is 0. The highest BCUT2D eigenvalue weighted by Gasteiger charge is 2.34. The molecule has 0 aliphatic carbocycles. The largest absolute Gasteiger partial charge is 0.494 e. The lowest BCUT2D eigenvalue weighted by Crippen LogP contribution is -2.47. The van der Waals surface area contributed by atoms with Gasteiger partial charge in [0.15, 0.2) is 0 Å². The Morgan fingerprint density at radius 2 is 1.84 bits per heavy atom. The second-order valence-electron chi connectivity index (χ2n) is 5.98. The van der Waals surface area contributed by atoms with Crippen molar-refractivity contribution in [2.75, 3.05) is 13.2 Å². The van der Waals surface area contributed by atoms with Gasteiger partial charge in [0.05, 0.1) is 5.52 Å². The van der Waals surface area contributed by atoms with E-state index in [4.69, 9.17) is 9.31 Å². The lowest BCUT2D eigenvalue weighted by atomic mass is 9.74. The molecular weight excluding hydrogens is 237 g/mol. The molecule has 1 aromatic heterocycles. The standard InChI is InChI=1S/C15H18BNO2/c1-11-7-8-12-13(5-4-6-14(12)17-11)16-18-9-15(2,3)10-19-16/h4-8H,9-10H2,1-3H3. The van der Waals surface area contributed by atoms with Crippen LogP contribution in [0.2, 0.25) is 0 Å². The molecular formula is C15H18BNO2. The van der Waals surface area contributed by atoms with Crippen molar-refractivity contribution >= 4 is 23.5 Å². The highest BCUT2D eigenvalue weighted by molar-refractivity contribution is 6.64. The average Bonchev–Trinajstić information content (AvgIpc) is 2.38. The van der Waals surface area contributed by atoms with E-state index in [9.17, 15) is 0 Å². The van der Waals surface area contributed by atoms with E-state index in [1.54, 1.807) is 0 Å². The molecule has 0 spiro atoms. The summed E-state index contributed by atoms with van der Waals surface area (Å²) in [6.45, 7) is 7.73. The van der Waals surface area contributed by atoms with Gasteiger partial charge >= 0.3 is 7.12 Å². The number of nitrogens with zero attached hydrogens (tertiary/aromatic N) is 1. The summed E-state index contributed by atoms with van der Waals surface area (Å²) in [7, 11) is -0.277. The maximum absolute atomic E-state index is 5.87. The van der Waals surface area contributed by atoms with Gasteiger partial charge in [-0.1, -0.05) is 32.0 Å². The Morgan fingerprint density at radius 1 is 1.11 bits per heavy atom. The number of aryl methyl sites for hydroxylation is 1. The van der Waals surface area contributed by atoms with Crippen molar-refractivity contribution in [3.8, 4) is 0 Å². The van der Waals surface area contributed by atoms with Crippen LogP contribution in [0, 0.1) is 12.3 Å². The maximum atomic E-state index is 5.87. The zero-order valence-corrected chi connectivity index (χ0v) is 11.6.